The summed E-state index contributed by atoms with van der Waals surface area (Å²) in [5, 5.41) is 0. The SMILES string of the molecule is CCc1ccccc1OC(C)C(=O)N1CCN(C(=O)CC(C)N)CC1. The molecule has 1 heterocycles. The van der Waals surface area contributed by atoms with Crippen molar-refractivity contribution >= 4 is 11.8 Å². The molecule has 0 bridgehead atoms. The fourth-order valence-corrected chi connectivity index (χ4v) is 2.99. The Labute approximate surface area is 149 Å². The van der Waals surface area contributed by atoms with Crippen molar-refractivity contribution < 1.29 is 14.3 Å². The van der Waals surface area contributed by atoms with Crippen LogP contribution in [-0.4, -0.2) is 59.9 Å². The minimum absolute atomic E-state index is 0.0369. The van der Waals surface area contributed by atoms with Crippen molar-refractivity contribution in [3.8, 4) is 5.75 Å². The second-order valence-corrected chi connectivity index (χ2v) is 6.61. The Balaban J connectivity index is 1.88. The molecule has 138 valence electrons. The van der Waals surface area contributed by atoms with Crippen LogP contribution in [0.15, 0.2) is 24.3 Å². The number of ether oxygens (including phenoxy) is 1. The Bertz CT molecular complexity index is 595. The molecule has 1 saturated heterocycles. The van der Waals surface area contributed by atoms with Crippen LogP contribution in [0.3, 0.4) is 0 Å². The van der Waals surface area contributed by atoms with Gasteiger partial charge in [-0.1, -0.05) is 25.1 Å². The molecule has 6 nitrogen and oxygen atoms in total. The number of aryl methyl sites for hydroxylation is 1. The number of hydrogen-bond donors (Lipinski definition) is 1. The van der Waals surface area contributed by atoms with E-state index in [-0.39, 0.29) is 17.9 Å². The van der Waals surface area contributed by atoms with Crippen LogP contribution in [0.2, 0.25) is 0 Å². The summed E-state index contributed by atoms with van der Waals surface area (Å²) in [4.78, 5) is 28.2. The zero-order valence-electron chi connectivity index (χ0n) is 15.4. The van der Waals surface area contributed by atoms with Crippen LogP contribution >= 0.6 is 0 Å². The van der Waals surface area contributed by atoms with E-state index in [2.05, 4.69) is 6.92 Å². The van der Waals surface area contributed by atoms with Gasteiger partial charge in [0.05, 0.1) is 0 Å². The lowest BCUT2D eigenvalue weighted by Crippen LogP contribution is -2.53. The van der Waals surface area contributed by atoms with Crippen LogP contribution in [0.25, 0.3) is 0 Å². The van der Waals surface area contributed by atoms with Gasteiger partial charge in [-0.3, -0.25) is 9.59 Å². The van der Waals surface area contributed by atoms with Crippen LogP contribution in [0.5, 0.6) is 5.75 Å². The van der Waals surface area contributed by atoms with E-state index in [9.17, 15) is 9.59 Å². The van der Waals surface area contributed by atoms with Crippen molar-refractivity contribution in [2.45, 2.75) is 45.8 Å². The lowest BCUT2D eigenvalue weighted by atomic mass is 10.1. The first kappa shape index (κ1) is 19.2. The third kappa shape index (κ3) is 5.19. The van der Waals surface area contributed by atoms with Crippen LogP contribution in [0.4, 0.5) is 0 Å². The zero-order chi connectivity index (χ0) is 18.4. The predicted molar refractivity (Wildman–Crippen MR) is 97.3 cm³/mol. The van der Waals surface area contributed by atoms with Crippen LogP contribution < -0.4 is 10.5 Å². The molecule has 1 aromatic carbocycles. The molecule has 0 saturated carbocycles. The van der Waals surface area contributed by atoms with E-state index in [0.717, 1.165) is 17.7 Å². The van der Waals surface area contributed by atoms with Gasteiger partial charge in [-0.05, 0) is 31.9 Å². The van der Waals surface area contributed by atoms with Gasteiger partial charge in [-0.2, -0.15) is 0 Å². The van der Waals surface area contributed by atoms with Gasteiger partial charge in [0.1, 0.15) is 5.75 Å². The molecule has 25 heavy (non-hydrogen) atoms. The minimum atomic E-state index is -0.543. The molecule has 1 aromatic rings. The molecule has 1 fully saturated rings. The van der Waals surface area contributed by atoms with Gasteiger partial charge in [0.15, 0.2) is 6.10 Å². The van der Waals surface area contributed by atoms with E-state index in [0.29, 0.717) is 32.6 Å². The summed E-state index contributed by atoms with van der Waals surface area (Å²) in [5.74, 6) is 0.782. The van der Waals surface area contributed by atoms with Crippen LogP contribution in [0, 0.1) is 0 Å². The molecule has 0 aliphatic carbocycles. The highest BCUT2D eigenvalue weighted by molar-refractivity contribution is 5.82. The fraction of sp³-hybridized carbons (Fsp3) is 0.579. The second kappa shape index (κ2) is 8.85. The van der Waals surface area contributed by atoms with Crippen molar-refractivity contribution in [2.24, 2.45) is 5.73 Å². The van der Waals surface area contributed by atoms with Gasteiger partial charge in [-0.15, -0.1) is 0 Å². The Morgan fingerprint density at radius 2 is 1.72 bits per heavy atom. The van der Waals surface area contributed by atoms with E-state index in [1.165, 1.54) is 0 Å². The molecule has 1 aliphatic heterocycles. The van der Waals surface area contributed by atoms with E-state index in [4.69, 9.17) is 10.5 Å². The van der Waals surface area contributed by atoms with Gasteiger partial charge >= 0.3 is 0 Å². The molecule has 2 rings (SSSR count). The number of para-hydroxylation sites is 1. The van der Waals surface area contributed by atoms with E-state index < -0.39 is 6.10 Å². The average Bonchev–Trinajstić information content (AvgIpc) is 2.61. The summed E-state index contributed by atoms with van der Waals surface area (Å²) in [6, 6.07) is 7.65. The quantitative estimate of drug-likeness (QED) is 0.844. The van der Waals surface area contributed by atoms with E-state index in [1.54, 1.807) is 16.7 Å². The van der Waals surface area contributed by atoms with Crippen LogP contribution in [-0.2, 0) is 16.0 Å². The monoisotopic (exact) mass is 347 g/mol. The highest BCUT2D eigenvalue weighted by atomic mass is 16.5. The normalized spacial score (nSPS) is 17.1. The second-order valence-electron chi connectivity index (χ2n) is 6.61. The minimum Gasteiger partial charge on any atom is -0.481 e. The summed E-state index contributed by atoms with van der Waals surface area (Å²) >= 11 is 0. The molecule has 0 spiro atoms. The van der Waals surface area contributed by atoms with Gasteiger partial charge in [0.2, 0.25) is 5.91 Å². The third-order valence-corrected chi connectivity index (χ3v) is 4.45. The largest absolute Gasteiger partial charge is 0.481 e. The van der Waals surface area contributed by atoms with Gasteiger partial charge < -0.3 is 20.3 Å². The number of hydrogen-bond acceptors (Lipinski definition) is 4. The molecule has 0 radical (unpaired) electrons. The van der Waals surface area contributed by atoms with E-state index in [1.807, 2.05) is 31.2 Å². The van der Waals surface area contributed by atoms with Gasteiger partial charge in [0.25, 0.3) is 5.91 Å². The molecule has 2 N–H and O–H groups in total. The first-order valence-electron chi connectivity index (χ1n) is 8.99. The first-order valence-corrected chi connectivity index (χ1v) is 8.99. The first-order chi connectivity index (χ1) is 11.9. The number of nitrogens with two attached hydrogens (primary N) is 1. The van der Waals surface area contributed by atoms with Crippen molar-refractivity contribution in [1.82, 2.24) is 9.80 Å². The van der Waals surface area contributed by atoms with Crippen LogP contribution in [0.1, 0.15) is 32.8 Å². The number of piperazine rings is 1. The van der Waals surface area contributed by atoms with Crippen molar-refractivity contribution in [3.63, 3.8) is 0 Å². The van der Waals surface area contributed by atoms with Crippen molar-refractivity contribution in [3.05, 3.63) is 29.8 Å². The third-order valence-electron chi connectivity index (χ3n) is 4.45. The Hall–Kier alpha value is -2.08. The maximum Gasteiger partial charge on any atom is 0.263 e. The molecule has 1 aliphatic rings. The number of carbonyl (C=O) groups excluding carboxylic acids is 2. The zero-order valence-corrected chi connectivity index (χ0v) is 15.4. The predicted octanol–water partition coefficient (Wildman–Crippen LogP) is 1.42. The molecule has 2 amide bonds. The summed E-state index contributed by atoms with van der Waals surface area (Å²) in [7, 11) is 0. The number of benzene rings is 1. The van der Waals surface area contributed by atoms with Gasteiger partial charge in [-0.25, -0.2) is 0 Å². The molecule has 6 heteroatoms. The highest BCUT2D eigenvalue weighted by Crippen LogP contribution is 2.20. The Morgan fingerprint density at radius 1 is 1.12 bits per heavy atom. The summed E-state index contributed by atoms with van der Waals surface area (Å²) in [6.07, 6.45) is 0.664. The summed E-state index contributed by atoms with van der Waals surface area (Å²) < 4.78 is 5.89. The fourth-order valence-electron chi connectivity index (χ4n) is 2.99. The van der Waals surface area contributed by atoms with Gasteiger partial charge in [0, 0.05) is 38.6 Å². The summed E-state index contributed by atoms with van der Waals surface area (Å²) in [5.41, 5.74) is 6.77. The molecule has 2 unspecified atom stereocenters. The highest BCUT2D eigenvalue weighted by Gasteiger charge is 2.28. The summed E-state index contributed by atoms with van der Waals surface area (Å²) in [6.45, 7) is 7.84. The maximum atomic E-state index is 12.6. The lowest BCUT2D eigenvalue weighted by molar-refractivity contribution is -0.143. The lowest BCUT2D eigenvalue weighted by Gasteiger charge is -2.36. The Kier molecular flexibility index (Phi) is 6.82. The number of carbonyl (C=O) groups is 2. The average molecular weight is 347 g/mol. The molecular weight excluding hydrogens is 318 g/mol. The Morgan fingerprint density at radius 3 is 2.32 bits per heavy atom. The van der Waals surface area contributed by atoms with E-state index >= 15 is 0 Å². The number of nitrogens with zero attached hydrogens (tertiary/aromatic N) is 2. The smallest absolute Gasteiger partial charge is 0.263 e. The molecule has 0 aromatic heterocycles. The standard InChI is InChI=1S/C19H29N3O3/c1-4-16-7-5-6-8-17(16)25-15(3)19(24)22-11-9-21(10-12-22)18(23)13-14(2)20/h5-8,14-15H,4,9-13,20H2,1-3H3. The molecule has 2 atom stereocenters. The number of amides is 2. The number of rotatable bonds is 6. The topological polar surface area (TPSA) is 75.9 Å². The maximum absolute atomic E-state index is 12.6. The molecular formula is C19H29N3O3. The van der Waals surface area contributed by atoms with Crippen molar-refractivity contribution in [2.75, 3.05) is 26.2 Å². The van der Waals surface area contributed by atoms with Crippen molar-refractivity contribution in [1.29, 1.82) is 0 Å².